The Morgan fingerprint density at radius 3 is 1.73 bits per heavy atom. The van der Waals surface area contributed by atoms with Crippen LogP contribution < -0.4 is 5.73 Å². The molecule has 0 saturated carbocycles. The molecule has 0 aromatic heterocycles. The van der Waals surface area contributed by atoms with Gasteiger partial charge in [-0.05, 0) is 0 Å². The SMILES string of the molecule is C=CCC(=O)O.NCC(=O)O. The normalized spacial score (nSPS) is 7.36. The van der Waals surface area contributed by atoms with Gasteiger partial charge in [0.1, 0.15) is 0 Å². The summed E-state index contributed by atoms with van der Waals surface area (Å²) in [4.78, 5) is 18.8. The molecule has 0 fully saturated rings. The van der Waals surface area contributed by atoms with Crippen LogP contribution in [0.2, 0.25) is 0 Å². The molecule has 0 aliphatic heterocycles. The number of nitrogens with two attached hydrogens (primary N) is 1. The molecule has 0 aromatic carbocycles. The molecule has 0 saturated heterocycles. The second-order valence-electron chi connectivity index (χ2n) is 1.48. The maximum absolute atomic E-state index is 9.53. The minimum atomic E-state index is -0.968. The maximum Gasteiger partial charge on any atom is 0.317 e. The highest BCUT2D eigenvalue weighted by Gasteiger charge is 1.84. The first-order valence-electron chi connectivity index (χ1n) is 2.79. The van der Waals surface area contributed by atoms with Gasteiger partial charge in [0.25, 0.3) is 0 Å². The molecule has 0 unspecified atom stereocenters. The van der Waals surface area contributed by atoms with Crippen molar-refractivity contribution in [2.24, 2.45) is 5.73 Å². The summed E-state index contributed by atoms with van der Waals surface area (Å²) in [5, 5.41) is 15.4. The van der Waals surface area contributed by atoms with Crippen molar-refractivity contribution in [1.82, 2.24) is 0 Å². The Balaban J connectivity index is 0. The molecular weight excluding hydrogens is 150 g/mol. The van der Waals surface area contributed by atoms with E-state index >= 15 is 0 Å². The summed E-state index contributed by atoms with van der Waals surface area (Å²) in [6.07, 6.45) is 1.41. The minimum Gasteiger partial charge on any atom is -0.481 e. The van der Waals surface area contributed by atoms with Gasteiger partial charge in [0.05, 0.1) is 13.0 Å². The summed E-state index contributed by atoms with van der Waals surface area (Å²) in [5.41, 5.74) is 4.57. The van der Waals surface area contributed by atoms with Crippen molar-refractivity contribution < 1.29 is 19.8 Å². The average molecular weight is 161 g/mol. The molecule has 11 heavy (non-hydrogen) atoms. The Kier molecular flexibility index (Phi) is 9.68. The molecule has 5 nitrogen and oxygen atoms in total. The predicted molar refractivity (Wildman–Crippen MR) is 39.1 cm³/mol. The first-order valence-corrected chi connectivity index (χ1v) is 2.79. The standard InChI is InChI=1S/C4H6O2.C2H5NO2/c1-2-3-4(5)6;3-1-2(4)5/h2H,1,3H2,(H,5,6);1,3H2,(H,4,5). The van der Waals surface area contributed by atoms with Crippen LogP contribution >= 0.6 is 0 Å². The van der Waals surface area contributed by atoms with E-state index in [1.807, 2.05) is 0 Å². The highest BCUT2D eigenvalue weighted by molar-refractivity contribution is 5.68. The average Bonchev–Trinajstić information content (AvgIpc) is 1.89. The highest BCUT2D eigenvalue weighted by Crippen LogP contribution is 1.74. The maximum atomic E-state index is 9.53. The summed E-state index contributed by atoms with van der Waals surface area (Å²) in [5.74, 6) is -1.80. The van der Waals surface area contributed by atoms with Gasteiger partial charge in [0.15, 0.2) is 0 Å². The van der Waals surface area contributed by atoms with E-state index in [0.717, 1.165) is 0 Å². The zero-order valence-electron chi connectivity index (χ0n) is 5.99. The highest BCUT2D eigenvalue weighted by atomic mass is 16.4. The molecule has 5 heteroatoms. The Morgan fingerprint density at radius 1 is 1.36 bits per heavy atom. The third-order valence-corrected chi connectivity index (χ3v) is 0.494. The van der Waals surface area contributed by atoms with Crippen molar-refractivity contribution in [2.75, 3.05) is 6.54 Å². The molecule has 0 radical (unpaired) electrons. The van der Waals surface area contributed by atoms with Crippen LogP contribution in [0.5, 0.6) is 0 Å². The monoisotopic (exact) mass is 161 g/mol. The molecule has 0 aliphatic carbocycles. The van der Waals surface area contributed by atoms with E-state index in [0.29, 0.717) is 0 Å². The Bertz CT molecular complexity index is 144. The molecule has 64 valence electrons. The molecule has 0 spiro atoms. The van der Waals surface area contributed by atoms with Crippen LogP contribution in [0, 0.1) is 0 Å². The second-order valence-corrected chi connectivity index (χ2v) is 1.48. The second kappa shape index (κ2) is 8.64. The van der Waals surface area contributed by atoms with E-state index in [4.69, 9.17) is 10.2 Å². The fourth-order valence-electron chi connectivity index (χ4n) is 0.123. The number of carboxylic acid groups (broad SMARTS) is 2. The van der Waals surface area contributed by atoms with E-state index in [2.05, 4.69) is 12.3 Å². The third kappa shape index (κ3) is 28.8. The zero-order valence-corrected chi connectivity index (χ0v) is 5.99. The van der Waals surface area contributed by atoms with Crippen LogP contribution in [-0.4, -0.2) is 28.7 Å². The summed E-state index contributed by atoms with van der Waals surface area (Å²) in [6, 6.07) is 0. The molecule has 0 aliphatic rings. The summed E-state index contributed by atoms with van der Waals surface area (Å²) in [6.45, 7) is 2.94. The third-order valence-electron chi connectivity index (χ3n) is 0.494. The van der Waals surface area contributed by atoms with E-state index in [9.17, 15) is 9.59 Å². The molecule has 0 amide bonds. The minimum absolute atomic E-state index is 0.0556. The molecule has 0 atom stereocenters. The number of aliphatic carboxylic acids is 2. The summed E-state index contributed by atoms with van der Waals surface area (Å²) < 4.78 is 0. The van der Waals surface area contributed by atoms with Crippen molar-refractivity contribution >= 4 is 11.9 Å². The lowest BCUT2D eigenvalue weighted by Crippen LogP contribution is -2.10. The van der Waals surface area contributed by atoms with Crippen LogP contribution in [0.15, 0.2) is 12.7 Å². The van der Waals surface area contributed by atoms with Crippen molar-refractivity contribution in [3.05, 3.63) is 12.7 Å². The van der Waals surface area contributed by atoms with Crippen molar-refractivity contribution in [3.63, 3.8) is 0 Å². The lowest BCUT2D eigenvalue weighted by molar-refractivity contribution is -0.136. The van der Waals surface area contributed by atoms with Gasteiger partial charge < -0.3 is 15.9 Å². The number of carbonyl (C=O) groups is 2. The summed E-state index contributed by atoms with van der Waals surface area (Å²) in [7, 11) is 0. The lowest BCUT2D eigenvalue weighted by atomic mass is 10.4. The van der Waals surface area contributed by atoms with E-state index in [-0.39, 0.29) is 13.0 Å². The fraction of sp³-hybridized carbons (Fsp3) is 0.333. The van der Waals surface area contributed by atoms with Gasteiger partial charge in [-0.15, -0.1) is 6.58 Å². The van der Waals surface area contributed by atoms with Gasteiger partial charge in [-0.1, -0.05) is 6.08 Å². The van der Waals surface area contributed by atoms with E-state index < -0.39 is 11.9 Å². The molecular formula is C6H11NO4. The van der Waals surface area contributed by atoms with E-state index in [1.165, 1.54) is 6.08 Å². The van der Waals surface area contributed by atoms with Gasteiger partial charge in [-0.25, -0.2) is 0 Å². The van der Waals surface area contributed by atoms with Crippen molar-refractivity contribution in [2.45, 2.75) is 6.42 Å². The van der Waals surface area contributed by atoms with Crippen LogP contribution in [0.4, 0.5) is 0 Å². The molecule has 0 bridgehead atoms. The van der Waals surface area contributed by atoms with Crippen LogP contribution in [0.3, 0.4) is 0 Å². The van der Waals surface area contributed by atoms with Gasteiger partial charge in [-0.2, -0.15) is 0 Å². The van der Waals surface area contributed by atoms with E-state index in [1.54, 1.807) is 0 Å². The quantitative estimate of drug-likeness (QED) is 0.492. The van der Waals surface area contributed by atoms with Gasteiger partial charge in [0.2, 0.25) is 0 Å². The Hall–Kier alpha value is -1.36. The number of hydrogen-bond acceptors (Lipinski definition) is 3. The van der Waals surface area contributed by atoms with Gasteiger partial charge in [-0.3, -0.25) is 9.59 Å². The Labute approximate surface area is 64.1 Å². The topological polar surface area (TPSA) is 101 Å². The zero-order chi connectivity index (χ0) is 9.28. The number of carboxylic acids is 2. The van der Waals surface area contributed by atoms with Gasteiger partial charge in [0, 0.05) is 0 Å². The van der Waals surface area contributed by atoms with Crippen molar-refractivity contribution in [3.8, 4) is 0 Å². The number of hydrogen-bond donors (Lipinski definition) is 3. The fourth-order valence-corrected chi connectivity index (χ4v) is 0.123. The first-order chi connectivity index (χ1) is 5.04. The Morgan fingerprint density at radius 2 is 1.73 bits per heavy atom. The smallest absolute Gasteiger partial charge is 0.317 e. The van der Waals surface area contributed by atoms with Crippen LogP contribution in [-0.2, 0) is 9.59 Å². The van der Waals surface area contributed by atoms with Crippen LogP contribution in [0.25, 0.3) is 0 Å². The van der Waals surface area contributed by atoms with Gasteiger partial charge >= 0.3 is 11.9 Å². The molecule has 0 heterocycles. The first kappa shape index (κ1) is 12.3. The summed E-state index contributed by atoms with van der Waals surface area (Å²) >= 11 is 0. The van der Waals surface area contributed by atoms with Crippen LogP contribution in [0.1, 0.15) is 6.42 Å². The lowest BCUT2D eigenvalue weighted by Gasteiger charge is -1.75. The number of rotatable bonds is 3. The predicted octanol–water partition coefficient (Wildman–Crippen LogP) is -0.323. The molecule has 4 N–H and O–H groups in total. The molecule has 0 aromatic rings. The largest absolute Gasteiger partial charge is 0.481 e. The molecule has 0 rings (SSSR count). The van der Waals surface area contributed by atoms with Crippen molar-refractivity contribution in [1.29, 1.82) is 0 Å².